The van der Waals surface area contributed by atoms with E-state index in [4.69, 9.17) is 11.6 Å². The molecular formula is C10H16ClN3. The topological polar surface area (TPSA) is 30.7 Å². The molecule has 0 radical (unpaired) electrons. The smallest absolute Gasteiger partial charge is 0.225 e. The van der Waals surface area contributed by atoms with Crippen molar-refractivity contribution >= 4 is 11.6 Å². The molecule has 1 aliphatic carbocycles. The summed E-state index contributed by atoms with van der Waals surface area (Å²) in [4.78, 5) is 0. The van der Waals surface area contributed by atoms with Gasteiger partial charge < -0.3 is 4.57 Å². The highest BCUT2D eigenvalue weighted by atomic mass is 35.5. The molecule has 1 atom stereocenters. The molecule has 0 aromatic carbocycles. The van der Waals surface area contributed by atoms with E-state index in [2.05, 4.69) is 31.0 Å². The van der Waals surface area contributed by atoms with Crippen LogP contribution in [-0.4, -0.2) is 14.8 Å². The normalized spacial score (nSPS) is 23.9. The van der Waals surface area contributed by atoms with Crippen LogP contribution in [0.25, 0.3) is 0 Å². The third-order valence-corrected chi connectivity index (χ3v) is 3.50. The molecule has 78 valence electrons. The second-order valence-corrected chi connectivity index (χ2v) is 5.08. The van der Waals surface area contributed by atoms with Gasteiger partial charge in [0.2, 0.25) is 5.28 Å². The average molecular weight is 214 g/mol. The van der Waals surface area contributed by atoms with Gasteiger partial charge in [-0.15, -0.1) is 10.2 Å². The van der Waals surface area contributed by atoms with Crippen molar-refractivity contribution in [3.05, 3.63) is 11.1 Å². The lowest BCUT2D eigenvalue weighted by Gasteiger charge is -2.07. The first-order valence-corrected chi connectivity index (χ1v) is 5.50. The third-order valence-electron chi connectivity index (χ3n) is 3.22. The van der Waals surface area contributed by atoms with Crippen LogP contribution in [0.5, 0.6) is 0 Å². The number of aryl methyl sites for hydroxylation is 1. The summed E-state index contributed by atoms with van der Waals surface area (Å²) in [7, 11) is 0. The van der Waals surface area contributed by atoms with Crippen molar-refractivity contribution in [3.8, 4) is 0 Å². The Balaban J connectivity index is 2.12. The van der Waals surface area contributed by atoms with Crippen molar-refractivity contribution in [2.75, 3.05) is 0 Å². The minimum Gasteiger partial charge on any atom is -0.301 e. The minimum atomic E-state index is 0.485. The molecule has 1 heterocycles. The van der Waals surface area contributed by atoms with E-state index in [0.717, 1.165) is 24.7 Å². The van der Waals surface area contributed by atoms with Crippen molar-refractivity contribution in [3.63, 3.8) is 0 Å². The summed E-state index contributed by atoms with van der Waals surface area (Å²) >= 11 is 5.98. The van der Waals surface area contributed by atoms with Gasteiger partial charge in [0.1, 0.15) is 5.82 Å². The number of aromatic nitrogens is 3. The zero-order valence-electron chi connectivity index (χ0n) is 8.92. The summed E-state index contributed by atoms with van der Waals surface area (Å²) in [5.74, 6) is 1.74. The number of hydrogen-bond acceptors (Lipinski definition) is 2. The van der Waals surface area contributed by atoms with Crippen molar-refractivity contribution in [2.45, 2.75) is 40.2 Å². The molecule has 2 rings (SSSR count). The lowest BCUT2D eigenvalue weighted by Crippen LogP contribution is -2.07. The highest BCUT2D eigenvalue weighted by molar-refractivity contribution is 6.28. The molecule has 0 spiro atoms. The van der Waals surface area contributed by atoms with Gasteiger partial charge in [0.15, 0.2) is 0 Å². The Bertz CT molecular complexity index is 343. The van der Waals surface area contributed by atoms with Crippen molar-refractivity contribution in [1.82, 2.24) is 14.8 Å². The monoisotopic (exact) mass is 213 g/mol. The fourth-order valence-electron chi connectivity index (χ4n) is 1.86. The lowest BCUT2D eigenvalue weighted by atomic mass is 10.1. The molecule has 1 aromatic heterocycles. The van der Waals surface area contributed by atoms with Crippen molar-refractivity contribution < 1.29 is 0 Å². The molecule has 14 heavy (non-hydrogen) atoms. The second-order valence-electron chi connectivity index (χ2n) is 4.74. The second kappa shape index (κ2) is 3.23. The van der Waals surface area contributed by atoms with Crippen molar-refractivity contribution in [1.29, 1.82) is 0 Å². The molecule has 3 nitrogen and oxygen atoms in total. The van der Waals surface area contributed by atoms with Gasteiger partial charge in [0.05, 0.1) is 0 Å². The van der Waals surface area contributed by atoms with Gasteiger partial charge in [-0.25, -0.2) is 0 Å². The lowest BCUT2D eigenvalue weighted by molar-refractivity contribution is 0.489. The zero-order valence-corrected chi connectivity index (χ0v) is 9.67. The van der Waals surface area contributed by atoms with E-state index >= 15 is 0 Å². The van der Waals surface area contributed by atoms with Crippen LogP contribution in [-0.2, 0) is 13.0 Å². The van der Waals surface area contributed by atoms with E-state index in [-0.39, 0.29) is 0 Å². The van der Waals surface area contributed by atoms with Gasteiger partial charge in [0.25, 0.3) is 0 Å². The highest BCUT2D eigenvalue weighted by Crippen LogP contribution is 2.52. The quantitative estimate of drug-likeness (QED) is 0.773. The Morgan fingerprint density at radius 3 is 2.64 bits per heavy atom. The Morgan fingerprint density at radius 1 is 1.50 bits per heavy atom. The zero-order chi connectivity index (χ0) is 10.3. The van der Waals surface area contributed by atoms with Crippen LogP contribution in [0.3, 0.4) is 0 Å². The molecule has 0 saturated heterocycles. The maximum absolute atomic E-state index is 5.98. The van der Waals surface area contributed by atoms with Gasteiger partial charge in [-0.2, -0.15) is 0 Å². The van der Waals surface area contributed by atoms with Crippen LogP contribution in [0, 0.1) is 11.3 Å². The molecule has 0 bridgehead atoms. The highest BCUT2D eigenvalue weighted by Gasteiger charge is 2.45. The Labute approximate surface area is 89.5 Å². The first-order valence-electron chi connectivity index (χ1n) is 5.12. The average Bonchev–Trinajstić information content (AvgIpc) is 2.54. The van der Waals surface area contributed by atoms with Crippen LogP contribution in [0.1, 0.15) is 33.0 Å². The molecule has 0 N–H and O–H groups in total. The van der Waals surface area contributed by atoms with E-state index in [1.807, 2.05) is 4.57 Å². The Kier molecular flexibility index (Phi) is 2.30. The summed E-state index contributed by atoms with van der Waals surface area (Å²) < 4.78 is 2.04. The van der Waals surface area contributed by atoms with Crippen LogP contribution in [0.2, 0.25) is 5.28 Å². The molecular weight excluding hydrogens is 198 g/mol. The van der Waals surface area contributed by atoms with Crippen LogP contribution in [0.4, 0.5) is 0 Å². The number of nitrogens with zero attached hydrogens (tertiary/aromatic N) is 3. The summed E-state index contributed by atoms with van der Waals surface area (Å²) in [6.45, 7) is 7.64. The maximum Gasteiger partial charge on any atom is 0.225 e. The van der Waals surface area contributed by atoms with E-state index in [9.17, 15) is 0 Å². The van der Waals surface area contributed by atoms with Gasteiger partial charge in [0, 0.05) is 13.0 Å². The molecule has 0 amide bonds. The molecule has 0 aliphatic heterocycles. The molecule has 1 saturated carbocycles. The Morgan fingerprint density at radius 2 is 2.14 bits per heavy atom. The van der Waals surface area contributed by atoms with Gasteiger partial charge in [-0.3, -0.25) is 0 Å². The summed E-state index contributed by atoms with van der Waals surface area (Å²) in [6.07, 6.45) is 2.18. The Hall–Kier alpha value is -0.570. The van der Waals surface area contributed by atoms with Gasteiger partial charge in [-0.1, -0.05) is 20.8 Å². The summed E-state index contributed by atoms with van der Waals surface area (Å²) in [5.41, 5.74) is 0.485. The van der Waals surface area contributed by atoms with Crippen LogP contribution in [0.15, 0.2) is 0 Å². The van der Waals surface area contributed by atoms with E-state index < -0.39 is 0 Å². The van der Waals surface area contributed by atoms with Crippen molar-refractivity contribution in [2.24, 2.45) is 11.3 Å². The van der Waals surface area contributed by atoms with E-state index in [1.54, 1.807) is 0 Å². The fourth-order valence-corrected chi connectivity index (χ4v) is 2.07. The first-order chi connectivity index (χ1) is 6.54. The predicted molar refractivity (Wildman–Crippen MR) is 56.3 cm³/mol. The third kappa shape index (κ3) is 1.65. The standard InChI is InChI=1S/C10H16ClN3/c1-4-8-12-13-9(11)14(8)6-7-5-10(7,2)3/h7H,4-6H2,1-3H3. The first kappa shape index (κ1) is 9.97. The predicted octanol–water partition coefficient (Wildman–Crippen LogP) is 2.54. The number of halogens is 1. The SMILES string of the molecule is CCc1nnc(Cl)n1CC1CC1(C)C. The molecule has 4 heteroatoms. The fraction of sp³-hybridized carbons (Fsp3) is 0.800. The van der Waals surface area contributed by atoms with Crippen LogP contribution < -0.4 is 0 Å². The summed E-state index contributed by atoms with van der Waals surface area (Å²) in [6, 6.07) is 0. The largest absolute Gasteiger partial charge is 0.301 e. The number of hydrogen-bond donors (Lipinski definition) is 0. The van der Waals surface area contributed by atoms with E-state index in [0.29, 0.717) is 10.7 Å². The molecule has 1 aliphatic rings. The maximum atomic E-state index is 5.98. The van der Waals surface area contributed by atoms with Crippen LogP contribution >= 0.6 is 11.6 Å². The molecule has 1 unspecified atom stereocenters. The van der Waals surface area contributed by atoms with Gasteiger partial charge in [-0.05, 0) is 29.4 Å². The molecule has 1 fully saturated rings. The number of rotatable bonds is 3. The minimum absolute atomic E-state index is 0.485. The molecule has 1 aromatic rings. The van der Waals surface area contributed by atoms with E-state index in [1.165, 1.54) is 6.42 Å². The van der Waals surface area contributed by atoms with Gasteiger partial charge >= 0.3 is 0 Å². The summed E-state index contributed by atoms with van der Waals surface area (Å²) in [5, 5.41) is 8.47.